The SMILES string of the molecule is CC(C)C(CN(C)C)NC1CCOCC1. The molecule has 0 aliphatic carbocycles. The van der Waals surface area contributed by atoms with Crippen molar-refractivity contribution in [2.45, 2.75) is 38.8 Å². The zero-order valence-electron chi connectivity index (χ0n) is 10.6. The van der Waals surface area contributed by atoms with Crippen molar-refractivity contribution in [3.63, 3.8) is 0 Å². The minimum Gasteiger partial charge on any atom is -0.381 e. The van der Waals surface area contributed by atoms with Crippen LogP contribution in [0, 0.1) is 5.92 Å². The first-order chi connectivity index (χ1) is 7.09. The van der Waals surface area contributed by atoms with Gasteiger partial charge in [0.15, 0.2) is 0 Å². The average Bonchev–Trinajstić information content (AvgIpc) is 2.17. The highest BCUT2D eigenvalue weighted by atomic mass is 16.5. The predicted octanol–water partition coefficient (Wildman–Crippen LogP) is 1.34. The number of nitrogens with one attached hydrogen (secondary N) is 1. The normalized spacial score (nSPS) is 21.2. The number of nitrogens with zero attached hydrogens (tertiary/aromatic N) is 1. The van der Waals surface area contributed by atoms with E-state index in [0.29, 0.717) is 18.0 Å². The highest BCUT2D eigenvalue weighted by Gasteiger charge is 2.20. The molecule has 0 aromatic rings. The molecule has 1 aliphatic heterocycles. The van der Waals surface area contributed by atoms with Gasteiger partial charge in [-0.1, -0.05) is 13.8 Å². The fourth-order valence-electron chi connectivity index (χ4n) is 2.02. The van der Waals surface area contributed by atoms with E-state index in [9.17, 15) is 0 Å². The van der Waals surface area contributed by atoms with E-state index in [-0.39, 0.29) is 0 Å². The Labute approximate surface area is 94.2 Å². The summed E-state index contributed by atoms with van der Waals surface area (Å²) in [6.07, 6.45) is 2.33. The van der Waals surface area contributed by atoms with Gasteiger partial charge >= 0.3 is 0 Å². The number of rotatable bonds is 5. The zero-order chi connectivity index (χ0) is 11.3. The molecule has 0 bridgehead atoms. The first-order valence-corrected chi connectivity index (χ1v) is 6.08. The molecule has 0 radical (unpaired) electrons. The van der Waals surface area contributed by atoms with E-state index >= 15 is 0 Å². The minimum absolute atomic E-state index is 0.600. The lowest BCUT2D eigenvalue weighted by Crippen LogP contribution is -2.48. The molecule has 1 saturated heterocycles. The summed E-state index contributed by atoms with van der Waals surface area (Å²) >= 11 is 0. The van der Waals surface area contributed by atoms with Crippen LogP contribution in [0.5, 0.6) is 0 Å². The second-order valence-corrected chi connectivity index (χ2v) is 5.17. The number of hydrogen-bond acceptors (Lipinski definition) is 3. The molecule has 3 nitrogen and oxygen atoms in total. The molecule has 0 saturated carbocycles. The molecule has 3 heteroatoms. The second kappa shape index (κ2) is 6.46. The summed E-state index contributed by atoms with van der Waals surface area (Å²) in [5.74, 6) is 0.690. The summed E-state index contributed by atoms with van der Waals surface area (Å²) < 4.78 is 5.37. The molecular formula is C12H26N2O. The monoisotopic (exact) mass is 214 g/mol. The molecule has 1 aliphatic rings. The van der Waals surface area contributed by atoms with Gasteiger partial charge in [0, 0.05) is 31.8 Å². The smallest absolute Gasteiger partial charge is 0.0480 e. The van der Waals surface area contributed by atoms with Gasteiger partial charge in [-0.15, -0.1) is 0 Å². The van der Waals surface area contributed by atoms with Crippen molar-refractivity contribution in [1.82, 2.24) is 10.2 Å². The van der Waals surface area contributed by atoms with Crippen LogP contribution in [0.2, 0.25) is 0 Å². The third-order valence-electron chi connectivity index (χ3n) is 3.04. The van der Waals surface area contributed by atoms with Crippen molar-refractivity contribution in [3.8, 4) is 0 Å². The Hall–Kier alpha value is -0.120. The van der Waals surface area contributed by atoms with Crippen LogP contribution in [0.1, 0.15) is 26.7 Å². The molecule has 0 aromatic carbocycles. The number of hydrogen-bond donors (Lipinski definition) is 1. The van der Waals surface area contributed by atoms with Gasteiger partial charge in [0.2, 0.25) is 0 Å². The van der Waals surface area contributed by atoms with Gasteiger partial charge in [-0.3, -0.25) is 0 Å². The molecule has 0 amide bonds. The fourth-order valence-corrected chi connectivity index (χ4v) is 2.02. The summed E-state index contributed by atoms with van der Waals surface area (Å²) in [6, 6.07) is 1.26. The van der Waals surface area contributed by atoms with E-state index < -0.39 is 0 Å². The Bertz CT molecular complexity index is 165. The van der Waals surface area contributed by atoms with Crippen LogP contribution in [0.3, 0.4) is 0 Å². The number of likely N-dealkylation sites (N-methyl/N-ethyl adjacent to an activating group) is 1. The van der Waals surface area contributed by atoms with Crippen molar-refractivity contribution in [3.05, 3.63) is 0 Å². The van der Waals surface area contributed by atoms with Gasteiger partial charge in [0.25, 0.3) is 0 Å². The van der Waals surface area contributed by atoms with Crippen LogP contribution in [-0.4, -0.2) is 50.8 Å². The Morgan fingerprint density at radius 1 is 1.27 bits per heavy atom. The molecule has 1 N–H and O–H groups in total. The van der Waals surface area contributed by atoms with Crippen molar-refractivity contribution in [1.29, 1.82) is 0 Å². The molecule has 1 fully saturated rings. The lowest BCUT2D eigenvalue weighted by Gasteiger charge is -2.32. The maximum absolute atomic E-state index is 5.37. The first-order valence-electron chi connectivity index (χ1n) is 6.08. The second-order valence-electron chi connectivity index (χ2n) is 5.17. The topological polar surface area (TPSA) is 24.5 Å². The molecule has 1 atom stereocenters. The summed E-state index contributed by atoms with van der Waals surface area (Å²) in [5.41, 5.74) is 0. The van der Waals surface area contributed by atoms with Crippen LogP contribution in [0.4, 0.5) is 0 Å². The van der Waals surface area contributed by atoms with Gasteiger partial charge in [-0.2, -0.15) is 0 Å². The highest BCUT2D eigenvalue weighted by molar-refractivity contribution is 4.79. The van der Waals surface area contributed by atoms with Crippen LogP contribution in [0.25, 0.3) is 0 Å². The zero-order valence-corrected chi connectivity index (χ0v) is 10.6. The Morgan fingerprint density at radius 3 is 2.33 bits per heavy atom. The van der Waals surface area contributed by atoms with Gasteiger partial charge in [-0.05, 0) is 32.9 Å². The molecule has 1 rings (SSSR count). The highest BCUT2D eigenvalue weighted by Crippen LogP contribution is 2.11. The Morgan fingerprint density at radius 2 is 1.87 bits per heavy atom. The van der Waals surface area contributed by atoms with Crippen LogP contribution >= 0.6 is 0 Å². The average molecular weight is 214 g/mol. The maximum Gasteiger partial charge on any atom is 0.0480 e. The molecule has 1 heterocycles. The lowest BCUT2D eigenvalue weighted by molar-refractivity contribution is 0.0713. The Kier molecular flexibility index (Phi) is 5.58. The lowest BCUT2D eigenvalue weighted by atomic mass is 10.0. The largest absolute Gasteiger partial charge is 0.381 e. The minimum atomic E-state index is 0.600. The summed E-state index contributed by atoms with van der Waals surface area (Å²) in [6.45, 7) is 7.55. The van der Waals surface area contributed by atoms with Crippen LogP contribution in [0.15, 0.2) is 0 Å². The van der Waals surface area contributed by atoms with Gasteiger partial charge < -0.3 is 15.0 Å². The van der Waals surface area contributed by atoms with E-state index in [0.717, 1.165) is 32.6 Å². The number of ether oxygens (including phenoxy) is 1. The van der Waals surface area contributed by atoms with E-state index in [1.165, 1.54) is 0 Å². The maximum atomic E-state index is 5.37. The Balaban J connectivity index is 2.35. The summed E-state index contributed by atoms with van der Waals surface area (Å²) in [4.78, 5) is 2.26. The molecule has 0 aromatic heterocycles. The summed E-state index contributed by atoms with van der Waals surface area (Å²) in [7, 11) is 4.28. The van der Waals surface area contributed by atoms with E-state index in [4.69, 9.17) is 4.74 Å². The van der Waals surface area contributed by atoms with Gasteiger partial charge in [-0.25, -0.2) is 0 Å². The quantitative estimate of drug-likeness (QED) is 0.747. The van der Waals surface area contributed by atoms with Gasteiger partial charge in [0.1, 0.15) is 0 Å². The van der Waals surface area contributed by atoms with Crippen molar-refractivity contribution < 1.29 is 4.74 Å². The van der Waals surface area contributed by atoms with Crippen molar-refractivity contribution >= 4 is 0 Å². The molecular weight excluding hydrogens is 188 g/mol. The first kappa shape index (κ1) is 12.9. The molecule has 90 valence electrons. The molecule has 1 unspecified atom stereocenters. The van der Waals surface area contributed by atoms with Gasteiger partial charge in [0.05, 0.1) is 0 Å². The third-order valence-corrected chi connectivity index (χ3v) is 3.04. The molecule has 15 heavy (non-hydrogen) atoms. The summed E-state index contributed by atoms with van der Waals surface area (Å²) in [5, 5.41) is 3.77. The predicted molar refractivity (Wildman–Crippen MR) is 64.2 cm³/mol. The standard InChI is InChI=1S/C12H26N2O/c1-10(2)12(9-14(3)4)13-11-5-7-15-8-6-11/h10-13H,5-9H2,1-4H3. The van der Waals surface area contributed by atoms with Crippen molar-refractivity contribution in [2.75, 3.05) is 33.9 Å². The van der Waals surface area contributed by atoms with E-state index in [1.807, 2.05) is 0 Å². The fraction of sp³-hybridized carbons (Fsp3) is 1.00. The van der Waals surface area contributed by atoms with Crippen LogP contribution < -0.4 is 5.32 Å². The molecule has 0 spiro atoms. The van der Waals surface area contributed by atoms with E-state index in [2.05, 4.69) is 38.2 Å². The third kappa shape index (κ3) is 4.96. The van der Waals surface area contributed by atoms with Crippen molar-refractivity contribution in [2.24, 2.45) is 5.92 Å². The van der Waals surface area contributed by atoms with E-state index in [1.54, 1.807) is 0 Å². The van der Waals surface area contributed by atoms with Crippen LogP contribution in [-0.2, 0) is 4.74 Å².